The third kappa shape index (κ3) is 5.25. The SMILES string of the molecule is O=C(C=Cc1ccccc1)Nc1ccc(C(=O)Nc2c(C(=O)O)cnn2-c2ccccc2)cc1. The van der Waals surface area contributed by atoms with Crippen LogP contribution in [0.25, 0.3) is 11.8 Å². The normalized spacial score (nSPS) is 10.7. The van der Waals surface area contributed by atoms with Gasteiger partial charge >= 0.3 is 5.97 Å². The molecule has 0 fully saturated rings. The smallest absolute Gasteiger partial charge is 0.341 e. The van der Waals surface area contributed by atoms with E-state index in [0.29, 0.717) is 11.4 Å². The number of carboxylic acids is 1. The van der Waals surface area contributed by atoms with Crippen molar-refractivity contribution in [3.8, 4) is 5.69 Å². The number of nitrogens with one attached hydrogen (secondary N) is 2. The fourth-order valence-electron chi connectivity index (χ4n) is 3.19. The minimum atomic E-state index is -1.21. The van der Waals surface area contributed by atoms with E-state index in [0.717, 1.165) is 5.56 Å². The van der Waals surface area contributed by atoms with Crippen LogP contribution in [0, 0.1) is 0 Å². The standard InChI is InChI=1S/C26H20N4O4/c31-23(16-11-18-7-3-1-4-8-18)28-20-14-12-19(13-15-20)25(32)29-24-22(26(33)34)17-27-30(24)21-9-5-2-6-10-21/h1-17H,(H,28,31)(H,29,32)(H,33,34). The van der Waals surface area contributed by atoms with Crippen molar-refractivity contribution in [3.63, 3.8) is 0 Å². The van der Waals surface area contributed by atoms with E-state index in [1.165, 1.54) is 29.1 Å². The van der Waals surface area contributed by atoms with E-state index >= 15 is 0 Å². The van der Waals surface area contributed by atoms with Gasteiger partial charge in [-0.15, -0.1) is 0 Å². The van der Waals surface area contributed by atoms with Crippen molar-refractivity contribution in [2.75, 3.05) is 10.6 Å². The summed E-state index contributed by atoms with van der Waals surface area (Å²) >= 11 is 0. The zero-order chi connectivity index (χ0) is 23.9. The Kier molecular flexibility index (Phi) is 6.60. The quantitative estimate of drug-likeness (QED) is 0.358. The highest BCUT2D eigenvalue weighted by atomic mass is 16.4. The second kappa shape index (κ2) is 10.1. The molecule has 34 heavy (non-hydrogen) atoms. The van der Waals surface area contributed by atoms with Crippen molar-refractivity contribution in [1.82, 2.24) is 9.78 Å². The highest BCUT2D eigenvalue weighted by molar-refractivity contribution is 6.08. The molecule has 3 aromatic carbocycles. The molecule has 0 saturated carbocycles. The summed E-state index contributed by atoms with van der Waals surface area (Å²) in [7, 11) is 0. The van der Waals surface area contributed by atoms with Crippen LogP contribution in [0.5, 0.6) is 0 Å². The van der Waals surface area contributed by atoms with E-state index in [2.05, 4.69) is 15.7 Å². The highest BCUT2D eigenvalue weighted by Gasteiger charge is 2.20. The average molecular weight is 452 g/mol. The molecule has 0 atom stereocenters. The Bertz CT molecular complexity index is 1340. The second-order valence-corrected chi connectivity index (χ2v) is 7.22. The van der Waals surface area contributed by atoms with E-state index in [1.807, 2.05) is 36.4 Å². The Balaban J connectivity index is 1.46. The molecule has 8 heteroatoms. The number of carbonyl (C=O) groups is 3. The number of carboxylic acid groups (broad SMARTS) is 1. The zero-order valence-corrected chi connectivity index (χ0v) is 17.9. The number of nitrogens with zero attached hydrogens (tertiary/aromatic N) is 2. The van der Waals surface area contributed by atoms with Crippen LogP contribution in [-0.4, -0.2) is 32.7 Å². The van der Waals surface area contributed by atoms with Gasteiger partial charge in [0.15, 0.2) is 5.82 Å². The van der Waals surface area contributed by atoms with E-state index < -0.39 is 11.9 Å². The Morgan fingerprint density at radius 1 is 0.824 bits per heavy atom. The summed E-state index contributed by atoms with van der Waals surface area (Å²) < 4.78 is 1.36. The number of aromatic carboxylic acids is 1. The van der Waals surface area contributed by atoms with E-state index in [9.17, 15) is 19.5 Å². The summed E-state index contributed by atoms with van der Waals surface area (Å²) in [6.07, 6.45) is 4.31. The lowest BCUT2D eigenvalue weighted by molar-refractivity contribution is -0.111. The largest absolute Gasteiger partial charge is 0.477 e. The van der Waals surface area contributed by atoms with Gasteiger partial charge in [-0.05, 0) is 48.0 Å². The van der Waals surface area contributed by atoms with Crippen molar-refractivity contribution < 1.29 is 19.5 Å². The summed E-state index contributed by atoms with van der Waals surface area (Å²) in [5.41, 5.74) is 2.17. The van der Waals surface area contributed by atoms with Gasteiger partial charge in [-0.3, -0.25) is 9.59 Å². The number of rotatable bonds is 7. The first kappa shape index (κ1) is 22.2. The Hall–Kier alpha value is -4.98. The van der Waals surface area contributed by atoms with Crippen molar-refractivity contribution in [3.05, 3.63) is 114 Å². The van der Waals surface area contributed by atoms with Crippen LogP contribution < -0.4 is 10.6 Å². The molecule has 0 aliphatic rings. The van der Waals surface area contributed by atoms with Gasteiger partial charge in [0.05, 0.1) is 11.9 Å². The first-order chi connectivity index (χ1) is 16.5. The molecule has 0 bridgehead atoms. The van der Waals surface area contributed by atoms with Crippen molar-refractivity contribution in [1.29, 1.82) is 0 Å². The van der Waals surface area contributed by atoms with Gasteiger partial charge in [0.2, 0.25) is 5.91 Å². The summed E-state index contributed by atoms with van der Waals surface area (Å²) in [4.78, 5) is 36.6. The molecule has 0 aliphatic heterocycles. The molecule has 4 rings (SSSR count). The maximum Gasteiger partial charge on any atom is 0.341 e. The zero-order valence-electron chi connectivity index (χ0n) is 17.9. The second-order valence-electron chi connectivity index (χ2n) is 7.22. The molecule has 0 saturated heterocycles. The van der Waals surface area contributed by atoms with Crippen molar-refractivity contribution >= 4 is 35.4 Å². The lowest BCUT2D eigenvalue weighted by Gasteiger charge is -2.11. The number of hydrogen-bond acceptors (Lipinski definition) is 4. The van der Waals surface area contributed by atoms with Crippen LogP contribution in [-0.2, 0) is 4.79 Å². The number of amides is 2. The number of hydrogen-bond donors (Lipinski definition) is 3. The molecule has 4 aromatic rings. The highest BCUT2D eigenvalue weighted by Crippen LogP contribution is 2.21. The van der Waals surface area contributed by atoms with Crippen LogP contribution in [0.2, 0.25) is 0 Å². The van der Waals surface area contributed by atoms with Gasteiger partial charge in [0.25, 0.3) is 5.91 Å². The third-order valence-corrected chi connectivity index (χ3v) is 4.87. The lowest BCUT2D eigenvalue weighted by Crippen LogP contribution is -2.17. The van der Waals surface area contributed by atoms with Gasteiger partial charge in [0.1, 0.15) is 5.56 Å². The minimum absolute atomic E-state index is 0.0483. The Morgan fingerprint density at radius 3 is 2.12 bits per heavy atom. The average Bonchev–Trinajstić information content (AvgIpc) is 3.28. The summed E-state index contributed by atoms with van der Waals surface area (Å²) in [5, 5.41) is 19.0. The molecule has 1 aromatic heterocycles. The van der Waals surface area contributed by atoms with E-state index in [4.69, 9.17) is 0 Å². The van der Waals surface area contributed by atoms with Crippen LogP contribution in [0.3, 0.4) is 0 Å². The molecule has 0 unspecified atom stereocenters. The predicted molar refractivity (Wildman–Crippen MR) is 129 cm³/mol. The van der Waals surface area contributed by atoms with Crippen LogP contribution in [0.1, 0.15) is 26.3 Å². The van der Waals surface area contributed by atoms with E-state index in [-0.39, 0.29) is 22.9 Å². The molecule has 0 spiro atoms. The molecular formula is C26H20N4O4. The van der Waals surface area contributed by atoms with Crippen molar-refractivity contribution in [2.24, 2.45) is 0 Å². The van der Waals surface area contributed by atoms with Gasteiger partial charge in [-0.1, -0.05) is 48.5 Å². The number of aromatic nitrogens is 2. The maximum absolute atomic E-state index is 12.8. The molecule has 0 radical (unpaired) electrons. The topological polar surface area (TPSA) is 113 Å². The van der Waals surface area contributed by atoms with Crippen LogP contribution >= 0.6 is 0 Å². The fraction of sp³-hybridized carbons (Fsp3) is 0. The molecule has 8 nitrogen and oxygen atoms in total. The lowest BCUT2D eigenvalue weighted by atomic mass is 10.2. The summed E-state index contributed by atoms with van der Waals surface area (Å²) in [5.74, 6) is -1.98. The number of benzene rings is 3. The van der Waals surface area contributed by atoms with Crippen LogP contribution in [0.15, 0.2) is 97.2 Å². The third-order valence-electron chi connectivity index (χ3n) is 4.87. The van der Waals surface area contributed by atoms with Gasteiger partial charge in [-0.2, -0.15) is 5.10 Å². The van der Waals surface area contributed by atoms with E-state index in [1.54, 1.807) is 42.5 Å². The van der Waals surface area contributed by atoms with Crippen molar-refractivity contribution in [2.45, 2.75) is 0 Å². The van der Waals surface area contributed by atoms with Gasteiger partial charge in [0, 0.05) is 17.3 Å². The monoisotopic (exact) mass is 452 g/mol. The molecular weight excluding hydrogens is 432 g/mol. The molecule has 168 valence electrons. The number of anilines is 2. The van der Waals surface area contributed by atoms with Gasteiger partial charge < -0.3 is 15.7 Å². The Labute approximate surface area is 195 Å². The molecule has 3 N–H and O–H groups in total. The first-order valence-electron chi connectivity index (χ1n) is 10.3. The number of para-hydroxylation sites is 1. The molecule has 1 heterocycles. The predicted octanol–water partition coefficient (Wildman–Crippen LogP) is 4.47. The number of carbonyl (C=O) groups excluding carboxylic acids is 2. The maximum atomic E-state index is 12.8. The molecule has 2 amide bonds. The Morgan fingerprint density at radius 2 is 1.47 bits per heavy atom. The van der Waals surface area contributed by atoms with Gasteiger partial charge in [-0.25, -0.2) is 9.48 Å². The fourth-order valence-corrected chi connectivity index (χ4v) is 3.19. The minimum Gasteiger partial charge on any atom is -0.477 e. The molecule has 0 aliphatic carbocycles. The van der Waals surface area contributed by atoms with Crippen LogP contribution in [0.4, 0.5) is 11.5 Å². The summed E-state index contributed by atoms with van der Waals surface area (Å²) in [6.45, 7) is 0. The summed E-state index contributed by atoms with van der Waals surface area (Å²) in [6, 6.07) is 24.6. The first-order valence-corrected chi connectivity index (χ1v) is 10.3.